The first-order valence-corrected chi connectivity index (χ1v) is 8.86. The van der Waals surface area contributed by atoms with E-state index in [1.165, 1.54) is 6.07 Å². The number of methoxy groups -OCH3 is 1. The summed E-state index contributed by atoms with van der Waals surface area (Å²) in [4.78, 5) is 0.0346. The van der Waals surface area contributed by atoms with Gasteiger partial charge in [-0.2, -0.15) is 0 Å². The highest BCUT2D eigenvalue weighted by molar-refractivity contribution is 7.89. The van der Waals surface area contributed by atoms with Crippen LogP contribution in [0.15, 0.2) is 23.1 Å². The first-order chi connectivity index (χ1) is 10.4. The maximum atomic E-state index is 12.4. The first kappa shape index (κ1) is 19.2. The molecule has 2 N–H and O–H groups in total. The van der Waals surface area contributed by atoms with Gasteiger partial charge in [0.15, 0.2) is 0 Å². The number of hydrogen-bond acceptors (Lipinski definition) is 5. The van der Waals surface area contributed by atoms with Gasteiger partial charge in [-0.05, 0) is 45.1 Å². The Hall–Kier alpha value is -0.860. The van der Waals surface area contributed by atoms with Crippen molar-refractivity contribution in [1.29, 1.82) is 0 Å². The smallest absolute Gasteiger partial charge is 0.244 e. The summed E-state index contributed by atoms with van der Waals surface area (Å²) in [5.74, 6) is 0.259. The van der Waals surface area contributed by atoms with Gasteiger partial charge in [0, 0.05) is 18.7 Å². The maximum Gasteiger partial charge on any atom is 0.244 e. The molecule has 1 aromatic carbocycles. The molecule has 0 aromatic heterocycles. The maximum absolute atomic E-state index is 12.4. The zero-order valence-corrected chi connectivity index (χ0v) is 14.6. The molecule has 0 saturated carbocycles. The predicted octanol–water partition coefficient (Wildman–Crippen LogP) is 1.64. The fourth-order valence-corrected chi connectivity index (χ4v) is 3.29. The lowest BCUT2D eigenvalue weighted by atomic mass is 10.3. The summed E-state index contributed by atoms with van der Waals surface area (Å²) in [6.07, 6.45) is 0.413. The highest BCUT2D eigenvalue weighted by atomic mass is 35.5. The summed E-state index contributed by atoms with van der Waals surface area (Å²) in [5, 5.41) is 3.30. The summed E-state index contributed by atoms with van der Waals surface area (Å²) >= 11 is 5.92. The zero-order chi connectivity index (χ0) is 16.6. The molecule has 22 heavy (non-hydrogen) atoms. The van der Waals surface area contributed by atoms with Crippen molar-refractivity contribution >= 4 is 21.6 Å². The molecule has 1 aromatic rings. The molecule has 0 saturated heterocycles. The van der Waals surface area contributed by atoms with Crippen molar-refractivity contribution in [1.82, 2.24) is 10.0 Å². The second-order valence-electron chi connectivity index (χ2n) is 4.83. The van der Waals surface area contributed by atoms with Crippen LogP contribution in [0.2, 0.25) is 5.02 Å². The SMILES string of the molecule is CNCCCNS(=O)(=O)c1cc(Cl)ccc1OC(C)COC. The van der Waals surface area contributed by atoms with E-state index in [1.807, 2.05) is 7.05 Å². The van der Waals surface area contributed by atoms with E-state index in [-0.39, 0.29) is 16.7 Å². The topological polar surface area (TPSA) is 76.7 Å². The van der Waals surface area contributed by atoms with Gasteiger partial charge in [-0.1, -0.05) is 11.6 Å². The molecule has 0 fully saturated rings. The van der Waals surface area contributed by atoms with Gasteiger partial charge < -0.3 is 14.8 Å². The summed E-state index contributed by atoms with van der Waals surface area (Å²) in [6.45, 7) is 3.22. The van der Waals surface area contributed by atoms with Gasteiger partial charge in [0.2, 0.25) is 10.0 Å². The Balaban J connectivity index is 2.92. The largest absolute Gasteiger partial charge is 0.487 e. The monoisotopic (exact) mass is 350 g/mol. The predicted molar refractivity (Wildman–Crippen MR) is 87.2 cm³/mol. The van der Waals surface area contributed by atoms with Gasteiger partial charge in [0.25, 0.3) is 0 Å². The van der Waals surface area contributed by atoms with E-state index < -0.39 is 10.0 Å². The number of benzene rings is 1. The van der Waals surface area contributed by atoms with Crippen molar-refractivity contribution < 1.29 is 17.9 Å². The third kappa shape index (κ3) is 6.10. The lowest BCUT2D eigenvalue weighted by molar-refractivity contribution is 0.0901. The Bertz CT molecular complexity index is 566. The van der Waals surface area contributed by atoms with Crippen LogP contribution in [0, 0.1) is 0 Å². The van der Waals surface area contributed by atoms with Gasteiger partial charge in [-0.15, -0.1) is 0 Å². The third-order valence-corrected chi connectivity index (χ3v) is 4.54. The standard InChI is InChI=1S/C14H23ClN2O4S/c1-11(10-20-3)21-13-6-5-12(15)9-14(13)22(18,19)17-8-4-7-16-2/h5-6,9,11,16-17H,4,7-8,10H2,1-3H3. The lowest BCUT2D eigenvalue weighted by Gasteiger charge is -2.17. The van der Waals surface area contributed by atoms with Gasteiger partial charge in [-0.25, -0.2) is 13.1 Å². The molecule has 0 radical (unpaired) electrons. The average Bonchev–Trinajstić information content (AvgIpc) is 2.46. The van der Waals surface area contributed by atoms with E-state index in [1.54, 1.807) is 26.2 Å². The molecule has 0 aliphatic heterocycles. The Labute approximate surface area is 137 Å². The van der Waals surface area contributed by atoms with Gasteiger partial charge in [0.05, 0.1) is 6.61 Å². The van der Waals surface area contributed by atoms with Crippen molar-refractivity contribution in [2.75, 3.05) is 33.9 Å². The van der Waals surface area contributed by atoms with Crippen LogP contribution >= 0.6 is 11.6 Å². The summed E-state index contributed by atoms with van der Waals surface area (Å²) in [7, 11) is -0.310. The molecule has 6 nitrogen and oxygen atoms in total. The molecule has 0 amide bonds. The minimum absolute atomic E-state index is 0.0346. The quantitative estimate of drug-likeness (QED) is 0.627. The second kappa shape index (κ2) is 9.32. The molecule has 0 aliphatic carbocycles. The van der Waals surface area contributed by atoms with Crippen LogP contribution in [0.3, 0.4) is 0 Å². The van der Waals surface area contributed by atoms with E-state index in [2.05, 4.69) is 10.0 Å². The Morgan fingerprint density at radius 1 is 1.32 bits per heavy atom. The van der Waals surface area contributed by atoms with Crippen molar-refractivity contribution in [3.63, 3.8) is 0 Å². The van der Waals surface area contributed by atoms with E-state index in [9.17, 15) is 8.42 Å². The van der Waals surface area contributed by atoms with Crippen LogP contribution in [0.1, 0.15) is 13.3 Å². The zero-order valence-electron chi connectivity index (χ0n) is 13.1. The van der Waals surface area contributed by atoms with Crippen LogP contribution in [0.25, 0.3) is 0 Å². The van der Waals surface area contributed by atoms with E-state index >= 15 is 0 Å². The molecule has 0 heterocycles. The molecular formula is C14H23ClN2O4S. The van der Waals surface area contributed by atoms with E-state index in [0.29, 0.717) is 24.6 Å². The molecule has 1 atom stereocenters. The molecule has 8 heteroatoms. The fourth-order valence-electron chi connectivity index (χ4n) is 1.82. The molecule has 0 aliphatic rings. The van der Waals surface area contributed by atoms with Crippen LogP contribution < -0.4 is 14.8 Å². The number of ether oxygens (including phenoxy) is 2. The normalized spacial score (nSPS) is 13.1. The molecular weight excluding hydrogens is 328 g/mol. The van der Waals surface area contributed by atoms with E-state index in [4.69, 9.17) is 21.1 Å². The second-order valence-corrected chi connectivity index (χ2v) is 7.00. The Morgan fingerprint density at radius 3 is 2.68 bits per heavy atom. The lowest BCUT2D eigenvalue weighted by Crippen LogP contribution is -2.28. The minimum Gasteiger partial charge on any atom is -0.487 e. The summed E-state index contributed by atoms with van der Waals surface area (Å²) < 4.78 is 38.0. The van der Waals surface area contributed by atoms with Gasteiger partial charge >= 0.3 is 0 Å². The molecule has 1 rings (SSSR count). The number of rotatable bonds is 10. The Kier molecular flexibility index (Phi) is 8.13. The van der Waals surface area contributed by atoms with E-state index in [0.717, 1.165) is 6.54 Å². The molecule has 0 bridgehead atoms. The van der Waals surface area contributed by atoms with Gasteiger partial charge in [0.1, 0.15) is 16.7 Å². The molecule has 1 unspecified atom stereocenters. The van der Waals surface area contributed by atoms with Crippen molar-refractivity contribution in [2.24, 2.45) is 0 Å². The van der Waals surface area contributed by atoms with Crippen molar-refractivity contribution in [3.8, 4) is 5.75 Å². The van der Waals surface area contributed by atoms with Crippen molar-refractivity contribution in [3.05, 3.63) is 23.2 Å². The van der Waals surface area contributed by atoms with Crippen molar-refractivity contribution in [2.45, 2.75) is 24.3 Å². The van der Waals surface area contributed by atoms with Crippen LogP contribution in [-0.4, -0.2) is 48.4 Å². The molecule has 0 spiro atoms. The summed E-state index contributed by atoms with van der Waals surface area (Å²) in [6, 6.07) is 4.53. The number of halogens is 1. The first-order valence-electron chi connectivity index (χ1n) is 7.00. The number of hydrogen-bond donors (Lipinski definition) is 2. The number of sulfonamides is 1. The minimum atomic E-state index is -3.68. The Morgan fingerprint density at radius 2 is 2.05 bits per heavy atom. The highest BCUT2D eigenvalue weighted by Crippen LogP contribution is 2.28. The van der Waals surface area contributed by atoms with Crippen LogP contribution in [0.5, 0.6) is 5.75 Å². The fraction of sp³-hybridized carbons (Fsp3) is 0.571. The van der Waals surface area contributed by atoms with Crippen LogP contribution in [0.4, 0.5) is 0 Å². The average molecular weight is 351 g/mol. The van der Waals surface area contributed by atoms with Gasteiger partial charge in [-0.3, -0.25) is 0 Å². The third-order valence-electron chi connectivity index (χ3n) is 2.82. The molecule has 126 valence electrons. The number of nitrogens with one attached hydrogen (secondary N) is 2. The summed E-state index contributed by atoms with van der Waals surface area (Å²) in [5.41, 5.74) is 0. The van der Waals surface area contributed by atoms with Crippen LogP contribution in [-0.2, 0) is 14.8 Å². The highest BCUT2D eigenvalue weighted by Gasteiger charge is 2.21.